The lowest BCUT2D eigenvalue weighted by Crippen LogP contribution is -2.33. The monoisotopic (exact) mass is 290 g/mol. The van der Waals surface area contributed by atoms with Crippen LogP contribution in [0, 0.1) is 11.2 Å². The Morgan fingerprint density at radius 1 is 1.29 bits per heavy atom. The van der Waals surface area contributed by atoms with Crippen molar-refractivity contribution in [1.82, 2.24) is 5.32 Å². The third-order valence-corrected chi connectivity index (χ3v) is 5.16. The van der Waals surface area contributed by atoms with Crippen LogP contribution in [0.2, 0.25) is 0 Å². The molecule has 1 amide bonds. The average molecular weight is 290 g/mol. The number of fused-ring (bicyclic) bond motifs is 1. The Hall–Kier alpha value is -1.42. The number of benzene rings is 1. The summed E-state index contributed by atoms with van der Waals surface area (Å²) < 4.78 is 14.6. The largest absolute Gasteiger partial charge is 0.326 e. The van der Waals surface area contributed by atoms with Crippen LogP contribution in [0.25, 0.3) is 0 Å². The summed E-state index contributed by atoms with van der Waals surface area (Å²) in [5.41, 5.74) is 2.55. The summed E-state index contributed by atoms with van der Waals surface area (Å²) in [4.78, 5) is 11.4. The second-order valence-corrected chi connectivity index (χ2v) is 6.66. The fourth-order valence-electron chi connectivity index (χ4n) is 3.99. The maximum Gasteiger partial charge on any atom is 0.224 e. The SMILES string of the molecule is CNC(c1cc2c(cc1F)NC(=O)CC2)C1(C)CCCC1. The predicted molar refractivity (Wildman–Crippen MR) is 81.7 cm³/mol. The molecule has 1 aliphatic heterocycles. The summed E-state index contributed by atoms with van der Waals surface area (Å²) in [6, 6.07) is 3.47. The molecule has 0 saturated heterocycles. The maximum atomic E-state index is 14.6. The Labute approximate surface area is 125 Å². The van der Waals surface area contributed by atoms with Crippen molar-refractivity contribution in [1.29, 1.82) is 0 Å². The fourth-order valence-corrected chi connectivity index (χ4v) is 3.99. The van der Waals surface area contributed by atoms with E-state index in [1.807, 2.05) is 13.1 Å². The lowest BCUT2D eigenvalue weighted by Gasteiger charge is -2.35. The van der Waals surface area contributed by atoms with Gasteiger partial charge in [0.2, 0.25) is 5.91 Å². The number of hydrogen-bond acceptors (Lipinski definition) is 2. The van der Waals surface area contributed by atoms with E-state index in [2.05, 4.69) is 17.6 Å². The van der Waals surface area contributed by atoms with Crippen LogP contribution in [0.1, 0.15) is 56.2 Å². The van der Waals surface area contributed by atoms with E-state index in [9.17, 15) is 9.18 Å². The molecule has 0 bridgehead atoms. The van der Waals surface area contributed by atoms with Gasteiger partial charge in [-0.3, -0.25) is 4.79 Å². The van der Waals surface area contributed by atoms with E-state index in [-0.39, 0.29) is 23.2 Å². The van der Waals surface area contributed by atoms with Crippen molar-refractivity contribution in [2.24, 2.45) is 5.41 Å². The fraction of sp³-hybridized carbons (Fsp3) is 0.588. The molecule has 114 valence electrons. The smallest absolute Gasteiger partial charge is 0.224 e. The Morgan fingerprint density at radius 2 is 2.00 bits per heavy atom. The molecule has 4 heteroatoms. The van der Waals surface area contributed by atoms with E-state index in [4.69, 9.17) is 0 Å². The molecule has 0 aromatic heterocycles. The molecule has 3 rings (SSSR count). The second kappa shape index (κ2) is 5.41. The van der Waals surface area contributed by atoms with Gasteiger partial charge in [-0.05, 0) is 49.4 Å². The molecule has 3 nitrogen and oxygen atoms in total. The van der Waals surface area contributed by atoms with E-state index in [0.29, 0.717) is 18.5 Å². The molecule has 1 heterocycles. The van der Waals surface area contributed by atoms with E-state index < -0.39 is 0 Å². The molecule has 1 atom stereocenters. The van der Waals surface area contributed by atoms with Crippen molar-refractivity contribution in [2.75, 3.05) is 12.4 Å². The summed E-state index contributed by atoms with van der Waals surface area (Å²) in [6.07, 6.45) is 5.88. The lowest BCUT2D eigenvalue weighted by atomic mass is 9.76. The van der Waals surface area contributed by atoms with Gasteiger partial charge in [0.1, 0.15) is 5.82 Å². The lowest BCUT2D eigenvalue weighted by molar-refractivity contribution is -0.116. The van der Waals surface area contributed by atoms with Gasteiger partial charge in [0.25, 0.3) is 0 Å². The van der Waals surface area contributed by atoms with Crippen LogP contribution in [0.3, 0.4) is 0 Å². The third-order valence-electron chi connectivity index (χ3n) is 5.16. The number of carbonyl (C=O) groups is 1. The first-order valence-electron chi connectivity index (χ1n) is 7.83. The molecule has 1 fully saturated rings. The van der Waals surface area contributed by atoms with Gasteiger partial charge in [-0.15, -0.1) is 0 Å². The summed E-state index contributed by atoms with van der Waals surface area (Å²) in [5, 5.41) is 6.09. The summed E-state index contributed by atoms with van der Waals surface area (Å²) >= 11 is 0. The molecule has 1 saturated carbocycles. The first-order valence-corrected chi connectivity index (χ1v) is 7.83. The second-order valence-electron chi connectivity index (χ2n) is 6.66. The van der Waals surface area contributed by atoms with Gasteiger partial charge in [-0.1, -0.05) is 19.8 Å². The number of carbonyl (C=O) groups excluding carboxylic acids is 1. The number of rotatable bonds is 3. The van der Waals surface area contributed by atoms with Gasteiger partial charge in [0.15, 0.2) is 0 Å². The van der Waals surface area contributed by atoms with Crippen molar-refractivity contribution in [3.63, 3.8) is 0 Å². The zero-order chi connectivity index (χ0) is 15.0. The number of nitrogens with one attached hydrogen (secondary N) is 2. The van der Waals surface area contributed by atoms with Gasteiger partial charge in [0.05, 0.1) is 0 Å². The van der Waals surface area contributed by atoms with Crippen LogP contribution in [-0.2, 0) is 11.2 Å². The predicted octanol–water partition coefficient (Wildman–Crippen LogP) is 3.55. The third kappa shape index (κ3) is 2.57. The minimum atomic E-state index is -0.219. The van der Waals surface area contributed by atoms with Crippen molar-refractivity contribution < 1.29 is 9.18 Å². The Kier molecular flexibility index (Phi) is 3.74. The molecule has 0 spiro atoms. The van der Waals surface area contributed by atoms with Gasteiger partial charge >= 0.3 is 0 Å². The zero-order valence-corrected chi connectivity index (χ0v) is 12.8. The normalized spacial score (nSPS) is 21.8. The van der Waals surface area contributed by atoms with Crippen LogP contribution in [-0.4, -0.2) is 13.0 Å². The van der Waals surface area contributed by atoms with Crippen LogP contribution in [0.5, 0.6) is 0 Å². The van der Waals surface area contributed by atoms with Gasteiger partial charge in [0, 0.05) is 23.7 Å². The highest BCUT2D eigenvalue weighted by Gasteiger charge is 2.38. The van der Waals surface area contributed by atoms with Crippen molar-refractivity contribution in [2.45, 2.75) is 51.5 Å². The molecular weight excluding hydrogens is 267 g/mol. The molecule has 1 aromatic rings. The molecule has 0 radical (unpaired) electrons. The Morgan fingerprint density at radius 3 is 2.67 bits per heavy atom. The van der Waals surface area contributed by atoms with Gasteiger partial charge in [-0.2, -0.15) is 0 Å². The van der Waals surface area contributed by atoms with E-state index in [1.54, 1.807) is 0 Å². The first kappa shape index (κ1) is 14.5. The zero-order valence-electron chi connectivity index (χ0n) is 12.8. The van der Waals surface area contributed by atoms with Crippen LogP contribution in [0.15, 0.2) is 12.1 Å². The molecule has 1 aromatic carbocycles. The molecule has 1 unspecified atom stereocenters. The number of amides is 1. The summed E-state index contributed by atoms with van der Waals surface area (Å²) in [5.74, 6) is -0.244. The van der Waals surface area contributed by atoms with Crippen molar-refractivity contribution in [3.05, 3.63) is 29.1 Å². The quantitative estimate of drug-likeness (QED) is 0.894. The minimum absolute atomic E-state index is 0.0254. The highest BCUT2D eigenvalue weighted by Crippen LogP contribution is 2.48. The standard InChI is InChI=1S/C17H23FN2O/c1-17(7-3-4-8-17)16(19-2)12-9-11-5-6-15(21)20-14(11)10-13(12)18/h9-10,16,19H,3-8H2,1-2H3,(H,20,21). The maximum absolute atomic E-state index is 14.6. The number of hydrogen-bond donors (Lipinski definition) is 2. The molecule has 21 heavy (non-hydrogen) atoms. The van der Waals surface area contributed by atoms with E-state index in [0.717, 1.165) is 24.0 Å². The van der Waals surface area contributed by atoms with E-state index in [1.165, 1.54) is 18.9 Å². The Balaban J connectivity index is 1.99. The average Bonchev–Trinajstić information content (AvgIpc) is 2.88. The van der Waals surface area contributed by atoms with Crippen LogP contribution < -0.4 is 10.6 Å². The first-order chi connectivity index (χ1) is 10.0. The molecule has 1 aliphatic carbocycles. The molecule has 2 aliphatic rings. The highest BCUT2D eigenvalue weighted by molar-refractivity contribution is 5.93. The number of anilines is 1. The topological polar surface area (TPSA) is 41.1 Å². The Bertz CT molecular complexity index is 564. The summed E-state index contributed by atoms with van der Waals surface area (Å²) in [6.45, 7) is 2.25. The molecule has 2 N–H and O–H groups in total. The minimum Gasteiger partial charge on any atom is -0.326 e. The van der Waals surface area contributed by atoms with Gasteiger partial charge < -0.3 is 10.6 Å². The van der Waals surface area contributed by atoms with Gasteiger partial charge in [-0.25, -0.2) is 4.39 Å². The highest BCUT2D eigenvalue weighted by atomic mass is 19.1. The molecular formula is C17H23FN2O. The van der Waals surface area contributed by atoms with Crippen molar-refractivity contribution >= 4 is 11.6 Å². The van der Waals surface area contributed by atoms with Crippen molar-refractivity contribution in [3.8, 4) is 0 Å². The van der Waals surface area contributed by atoms with Crippen LogP contribution in [0.4, 0.5) is 10.1 Å². The van der Waals surface area contributed by atoms with Crippen LogP contribution >= 0.6 is 0 Å². The number of halogens is 1. The number of aryl methyl sites for hydroxylation is 1. The van der Waals surface area contributed by atoms with E-state index >= 15 is 0 Å². The summed E-state index contributed by atoms with van der Waals surface area (Å²) in [7, 11) is 1.91.